The highest BCUT2D eigenvalue weighted by atomic mass is 16.5. The van der Waals surface area contributed by atoms with E-state index in [0.29, 0.717) is 12.0 Å². The molecule has 0 aliphatic rings. The second kappa shape index (κ2) is 9.47. The molecule has 3 aromatic carbocycles. The van der Waals surface area contributed by atoms with Gasteiger partial charge in [-0.15, -0.1) is 0 Å². The van der Waals surface area contributed by atoms with E-state index >= 15 is 0 Å². The molecule has 166 valence electrons. The molecule has 5 aromatic rings. The number of nitrogens with one attached hydrogen (secondary N) is 2. The number of rotatable bonds is 7. The first-order chi connectivity index (χ1) is 16.7. The first kappa shape index (κ1) is 21.2. The average molecular weight is 446 g/mol. The van der Waals surface area contributed by atoms with Crippen molar-refractivity contribution in [1.29, 1.82) is 5.26 Å². The number of aromatic nitrogens is 4. The first-order valence-electron chi connectivity index (χ1n) is 11.0. The van der Waals surface area contributed by atoms with Gasteiger partial charge in [-0.3, -0.25) is 0 Å². The van der Waals surface area contributed by atoms with Crippen LogP contribution in [0.1, 0.15) is 40.0 Å². The second-order valence-corrected chi connectivity index (χ2v) is 8.01. The molecule has 0 saturated heterocycles. The Hall–Kier alpha value is -4.63. The Morgan fingerprint density at radius 2 is 1.74 bits per heavy atom. The van der Waals surface area contributed by atoms with Crippen LogP contribution in [0.25, 0.3) is 11.1 Å². The third-order valence-corrected chi connectivity index (χ3v) is 5.85. The normalized spacial score (nSPS) is 11.6. The molecule has 6 nitrogen and oxygen atoms in total. The maximum Gasteiger partial charge on any atom is 0.126 e. The molecule has 6 heteroatoms. The minimum atomic E-state index is -0.156. The Labute approximate surface area is 197 Å². The summed E-state index contributed by atoms with van der Waals surface area (Å²) in [5.41, 5.74) is 5.98. The summed E-state index contributed by atoms with van der Waals surface area (Å²) in [4.78, 5) is 16.0. The molecule has 34 heavy (non-hydrogen) atoms. The van der Waals surface area contributed by atoms with Gasteiger partial charge in [0.15, 0.2) is 0 Å². The van der Waals surface area contributed by atoms with E-state index in [-0.39, 0.29) is 5.92 Å². The SMILES string of the molecule is COc1ccccc1-c1ccc(C(c2ncc[nH]2)c2ncc(Cc3ccc(C#N)cc3)[nH]2)cc1. The van der Waals surface area contributed by atoms with Gasteiger partial charge in [0.2, 0.25) is 0 Å². The Morgan fingerprint density at radius 3 is 2.44 bits per heavy atom. The number of para-hydroxylation sites is 1. The zero-order chi connectivity index (χ0) is 23.3. The van der Waals surface area contributed by atoms with E-state index in [1.165, 1.54) is 0 Å². The number of nitriles is 1. The van der Waals surface area contributed by atoms with E-state index in [2.05, 4.69) is 51.4 Å². The summed E-state index contributed by atoms with van der Waals surface area (Å²) in [5.74, 6) is 2.33. The lowest BCUT2D eigenvalue weighted by Crippen LogP contribution is -2.07. The molecule has 0 saturated carbocycles. The van der Waals surface area contributed by atoms with Gasteiger partial charge in [0.1, 0.15) is 17.4 Å². The maximum atomic E-state index is 9.01. The fraction of sp³-hybridized carbons (Fsp3) is 0.107. The van der Waals surface area contributed by atoms with Crippen LogP contribution in [0.2, 0.25) is 0 Å². The lowest BCUT2D eigenvalue weighted by Gasteiger charge is -2.14. The third kappa shape index (κ3) is 4.32. The number of benzene rings is 3. The summed E-state index contributed by atoms with van der Waals surface area (Å²) in [6.07, 6.45) is 6.15. The van der Waals surface area contributed by atoms with Crippen LogP contribution >= 0.6 is 0 Å². The van der Waals surface area contributed by atoms with Gasteiger partial charge in [0.25, 0.3) is 0 Å². The molecule has 2 aromatic heterocycles. The number of methoxy groups -OCH3 is 1. The summed E-state index contributed by atoms with van der Waals surface area (Å²) in [6.45, 7) is 0. The van der Waals surface area contributed by atoms with Crippen molar-refractivity contribution in [2.45, 2.75) is 12.3 Å². The highest BCUT2D eigenvalue weighted by Crippen LogP contribution is 2.33. The number of hydrogen-bond acceptors (Lipinski definition) is 4. The minimum Gasteiger partial charge on any atom is -0.496 e. The Kier molecular flexibility index (Phi) is 5.91. The number of H-pyrrole nitrogens is 2. The van der Waals surface area contributed by atoms with Gasteiger partial charge in [-0.1, -0.05) is 54.6 Å². The predicted molar refractivity (Wildman–Crippen MR) is 131 cm³/mol. The van der Waals surface area contributed by atoms with Crippen molar-refractivity contribution in [3.8, 4) is 22.9 Å². The molecular formula is C28H23N5O. The van der Waals surface area contributed by atoms with Crippen molar-refractivity contribution in [3.05, 3.63) is 125 Å². The molecular weight excluding hydrogens is 422 g/mol. The van der Waals surface area contributed by atoms with E-state index in [0.717, 1.165) is 45.3 Å². The zero-order valence-electron chi connectivity index (χ0n) is 18.7. The van der Waals surface area contributed by atoms with Gasteiger partial charge in [-0.2, -0.15) is 5.26 Å². The second-order valence-electron chi connectivity index (χ2n) is 8.01. The monoisotopic (exact) mass is 445 g/mol. The van der Waals surface area contributed by atoms with Crippen LogP contribution in [0.5, 0.6) is 5.75 Å². The van der Waals surface area contributed by atoms with Crippen LogP contribution in [0, 0.1) is 11.3 Å². The topological polar surface area (TPSA) is 90.4 Å². The number of hydrogen-bond donors (Lipinski definition) is 2. The van der Waals surface area contributed by atoms with E-state index in [4.69, 9.17) is 15.0 Å². The first-order valence-corrected chi connectivity index (χ1v) is 11.0. The quantitative estimate of drug-likeness (QED) is 0.348. The van der Waals surface area contributed by atoms with Gasteiger partial charge in [-0.05, 0) is 34.9 Å². The molecule has 2 heterocycles. The van der Waals surface area contributed by atoms with Crippen molar-refractivity contribution >= 4 is 0 Å². The van der Waals surface area contributed by atoms with Crippen molar-refractivity contribution in [1.82, 2.24) is 19.9 Å². The molecule has 0 bridgehead atoms. The molecule has 0 fully saturated rings. The molecule has 1 unspecified atom stereocenters. The fourth-order valence-corrected chi connectivity index (χ4v) is 4.15. The number of imidazole rings is 2. The van der Waals surface area contributed by atoms with Crippen LogP contribution in [0.15, 0.2) is 91.4 Å². The molecule has 0 aliphatic carbocycles. The zero-order valence-corrected chi connectivity index (χ0v) is 18.7. The standard InChI is InChI=1S/C28H23N5O/c1-34-25-5-3-2-4-24(25)21-10-12-22(13-11-21)26(27-30-14-15-31-27)28-32-18-23(33-28)16-19-6-8-20(17-29)9-7-19/h2-15,18,26H,16H2,1H3,(H,30,31)(H,32,33). The van der Waals surface area contributed by atoms with Gasteiger partial charge in [-0.25, -0.2) is 9.97 Å². The summed E-state index contributed by atoms with van der Waals surface area (Å²) in [7, 11) is 1.69. The van der Waals surface area contributed by atoms with E-state index in [1.807, 2.05) is 54.9 Å². The predicted octanol–water partition coefficient (Wildman–Crippen LogP) is 5.45. The molecule has 2 N–H and O–H groups in total. The van der Waals surface area contributed by atoms with Gasteiger partial charge in [0, 0.05) is 36.3 Å². The van der Waals surface area contributed by atoms with Crippen LogP contribution in [0.3, 0.4) is 0 Å². The minimum absolute atomic E-state index is 0.156. The van der Waals surface area contributed by atoms with Crippen molar-refractivity contribution in [3.63, 3.8) is 0 Å². The maximum absolute atomic E-state index is 9.01. The summed E-state index contributed by atoms with van der Waals surface area (Å²) in [6, 6.07) is 26.2. The third-order valence-electron chi connectivity index (χ3n) is 5.85. The Morgan fingerprint density at radius 1 is 0.941 bits per heavy atom. The summed E-state index contributed by atoms with van der Waals surface area (Å²) < 4.78 is 5.52. The molecule has 1 atom stereocenters. The average Bonchev–Trinajstić information content (AvgIpc) is 3.58. The summed E-state index contributed by atoms with van der Waals surface area (Å²) >= 11 is 0. The largest absolute Gasteiger partial charge is 0.496 e. The van der Waals surface area contributed by atoms with Crippen LogP contribution in [-0.4, -0.2) is 27.0 Å². The van der Waals surface area contributed by atoms with Gasteiger partial charge < -0.3 is 14.7 Å². The fourth-order valence-electron chi connectivity index (χ4n) is 4.15. The summed E-state index contributed by atoms with van der Waals surface area (Å²) in [5, 5.41) is 9.01. The lowest BCUT2D eigenvalue weighted by molar-refractivity contribution is 0.416. The highest BCUT2D eigenvalue weighted by molar-refractivity contribution is 5.70. The van der Waals surface area contributed by atoms with E-state index in [9.17, 15) is 0 Å². The molecule has 0 amide bonds. The number of ether oxygens (including phenoxy) is 1. The van der Waals surface area contributed by atoms with E-state index in [1.54, 1.807) is 13.3 Å². The van der Waals surface area contributed by atoms with Crippen molar-refractivity contribution in [2.75, 3.05) is 7.11 Å². The van der Waals surface area contributed by atoms with Crippen molar-refractivity contribution < 1.29 is 4.74 Å². The molecule has 5 rings (SSSR count). The molecule has 0 radical (unpaired) electrons. The van der Waals surface area contributed by atoms with E-state index < -0.39 is 0 Å². The number of nitrogens with zero attached hydrogens (tertiary/aromatic N) is 3. The van der Waals surface area contributed by atoms with Gasteiger partial charge in [0.05, 0.1) is 24.7 Å². The lowest BCUT2D eigenvalue weighted by atomic mass is 9.94. The molecule has 0 spiro atoms. The van der Waals surface area contributed by atoms with Crippen LogP contribution < -0.4 is 4.74 Å². The smallest absolute Gasteiger partial charge is 0.126 e. The highest BCUT2D eigenvalue weighted by Gasteiger charge is 2.22. The Balaban J connectivity index is 1.45. The van der Waals surface area contributed by atoms with Crippen molar-refractivity contribution in [2.24, 2.45) is 0 Å². The molecule has 0 aliphatic heterocycles. The van der Waals surface area contributed by atoms with Crippen LogP contribution in [-0.2, 0) is 6.42 Å². The number of aromatic amines is 2. The Bertz CT molecular complexity index is 1410. The van der Waals surface area contributed by atoms with Crippen LogP contribution in [0.4, 0.5) is 0 Å². The van der Waals surface area contributed by atoms with Gasteiger partial charge >= 0.3 is 0 Å².